The zero-order valence-electron chi connectivity index (χ0n) is 9.73. The van der Waals surface area contributed by atoms with E-state index in [2.05, 4.69) is 48.9 Å². The van der Waals surface area contributed by atoms with Gasteiger partial charge in [0.15, 0.2) is 0 Å². The average molecular weight is 263 g/mol. The Morgan fingerprint density at radius 1 is 1.29 bits per heavy atom. The van der Waals surface area contributed by atoms with Gasteiger partial charge in [-0.15, -0.1) is 0 Å². The first kappa shape index (κ1) is 12.5. The Balaban J connectivity index is 2.71. The number of hydrogen-bond acceptors (Lipinski definition) is 2. The molecule has 0 saturated carbocycles. The fraction of sp³-hybridized carbons (Fsp3) is 1.00. The molecular weight excluding hydrogens is 240 g/mol. The van der Waals surface area contributed by atoms with E-state index in [9.17, 15) is 0 Å². The smallest absolute Gasteiger partial charge is 0.0186 e. The molecule has 1 unspecified atom stereocenters. The monoisotopic (exact) mass is 262 g/mol. The van der Waals surface area contributed by atoms with Crippen LogP contribution in [0.2, 0.25) is 0 Å². The first-order chi connectivity index (χ1) is 6.26. The number of hydrogen-bond donors (Lipinski definition) is 2. The maximum absolute atomic E-state index is 6.12. The lowest BCUT2D eigenvalue weighted by Gasteiger charge is -2.48. The Kier molecular flexibility index (Phi) is 3.66. The summed E-state index contributed by atoms with van der Waals surface area (Å²) in [5.74, 6) is 0.626. The maximum atomic E-state index is 6.12. The fourth-order valence-electron chi connectivity index (χ4n) is 2.83. The second-order valence-electron chi connectivity index (χ2n) is 5.88. The molecule has 0 aromatic carbocycles. The molecule has 1 aliphatic heterocycles. The average Bonchev–Trinajstić information content (AvgIpc) is 1.97. The van der Waals surface area contributed by atoms with E-state index in [0.29, 0.717) is 5.92 Å². The fourth-order valence-corrected chi connectivity index (χ4v) is 3.36. The second kappa shape index (κ2) is 4.11. The molecular formula is C11H23BrN2. The molecule has 2 nitrogen and oxygen atoms in total. The van der Waals surface area contributed by atoms with E-state index in [1.807, 2.05) is 0 Å². The predicted octanol–water partition coefficient (Wildman–Crippen LogP) is 2.27. The van der Waals surface area contributed by atoms with E-state index in [4.69, 9.17) is 5.73 Å². The molecule has 0 amide bonds. The van der Waals surface area contributed by atoms with E-state index in [0.717, 1.165) is 5.33 Å². The normalized spacial score (nSPS) is 28.7. The van der Waals surface area contributed by atoms with Crippen molar-refractivity contribution in [3.63, 3.8) is 0 Å². The van der Waals surface area contributed by atoms with Crippen LogP contribution in [0.3, 0.4) is 0 Å². The summed E-state index contributed by atoms with van der Waals surface area (Å²) in [6, 6.07) is 0.288. The Bertz CT molecular complexity index is 185. The van der Waals surface area contributed by atoms with Crippen LogP contribution in [-0.2, 0) is 0 Å². The zero-order chi connectivity index (χ0) is 11.0. The minimum absolute atomic E-state index is 0.214. The Morgan fingerprint density at radius 3 is 2.07 bits per heavy atom. The third-order valence-electron chi connectivity index (χ3n) is 3.01. The van der Waals surface area contributed by atoms with Crippen LogP contribution in [0.15, 0.2) is 0 Å². The molecule has 1 heterocycles. The van der Waals surface area contributed by atoms with E-state index in [-0.39, 0.29) is 17.1 Å². The number of nitrogens with one attached hydrogen (secondary N) is 1. The van der Waals surface area contributed by atoms with Gasteiger partial charge in [-0.05, 0) is 46.5 Å². The van der Waals surface area contributed by atoms with Gasteiger partial charge in [0.1, 0.15) is 0 Å². The van der Waals surface area contributed by atoms with E-state index >= 15 is 0 Å². The first-order valence-corrected chi connectivity index (χ1v) is 6.49. The van der Waals surface area contributed by atoms with Crippen LogP contribution < -0.4 is 11.1 Å². The highest BCUT2D eigenvalue weighted by Gasteiger charge is 2.39. The minimum atomic E-state index is 0.214. The minimum Gasteiger partial charge on any atom is -0.327 e. The van der Waals surface area contributed by atoms with Crippen LogP contribution in [-0.4, -0.2) is 22.4 Å². The Morgan fingerprint density at radius 2 is 1.71 bits per heavy atom. The third-order valence-corrected chi connectivity index (χ3v) is 3.75. The highest BCUT2D eigenvalue weighted by molar-refractivity contribution is 9.09. The highest BCUT2D eigenvalue weighted by atomic mass is 79.9. The van der Waals surface area contributed by atoms with Gasteiger partial charge in [0, 0.05) is 22.4 Å². The summed E-state index contributed by atoms with van der Waals surface area (Å²) in [6.45, 7) is 9.06. The molecule has 0 radical (unpaired) electrons. The number of alkyl halides is 1. The van der Waals surface area contributed by atoms with Crippen LogP contribution in [0.5, 0.6) is 0 Å². The van der Waals surface area contributed by atoms with Crippen molar-refractivity contribution in [3.05, 3.63) is 0 Å². The summed E-state index contributed by atoms with van der Waals surface area (Å²) < 4.78 is 0. The third kappa shape index (κ3) is 3.21. The summed E-state index contributed by atoms with van der Waals surface area (Å²) in [5.41, 5.74) is 6.54. The largest absolute Gasteiger partial charge is 0.327 e. The van der Waals surface area contributed by atoms with Gasteiger partial charge in [-0.3, -0.25) is 0 Å². The zero-order valence-corrected chi connectivity index (χ0v) is 11.3. The standard InChI is InChI=1S/C11H23BrN2/c1-10(2)5-8(9(13)7-12)6-11(3,4)14-10/h8-9,14H,5-7,13H2,1-4H3. The molecule has 0 bridgehead atoms. The molecule has 0 aromatic heterocycles. The van der Waals surface area contributed by atoms with Crippen molar-refractivity contribution < 1.29 is 0 Å². The van der Waals surface area contributed by atoms with E-state index in [1.165, 1.54) is 12.8 Å². The van der Waals surface area contributed by atoms with Crippen molar-refractivity contribution in [1.29, 1.82) is 0 Å². The van der Waals surface area contributed by atoms with Gasteiger partial charge in [0.25, 0.3) is 0 Å². The van der Waals surface area contributed by atoms with Crippen LogP contribution in [0, 0.1) is 5.92 Å². The Labute approximate surface area is 96.1 Å². The van der Waals surface area contributed by atoms with Crippen LogP contribution in [0.1, 0.15) is 40.5 Å². The summed E-state index contributed by atoms with van der Waals surface area (Å²) in [4.78, 5) is 0. The summed E-state index contributed by atoms with van der Waals surface area (Å²) in [6.07, 6.45) is 2.34. The first-order valence-electron chi connectivity index (χ1n) is 5.37. The topological polar surface area (TPSA) is 38.0 Å². The highest BCUT2D eigenvalue weighted by Crippen LogP contribution is 2.34. The number of nitrogens with two attached hydrogens (primary N) is 1. The lowest BCUT2D eigenvalue weighted by atomic mass is 9.73. The predicted molar refractivity (Wildman–Crippen MR) is 65.8 cm³/mol. The van der Waals surface area contributed by atoms with Gasteiger partial charge in [0.2, 0.25) is 0 Å². The van der Waals surface area contributed by atoms with Gasteiger partial charge in [0.05, 0.1) is 0 Å². The van der Waals surface area contributed by atoms with Crippen molar-refractivity contribution >= 4 is 15.9 Å². The summed E-state index contributed by atoms with van der Waals surface area (Å²) in [7, 11) is 0. The number of piperidine rings is 1. The van der Waals surface area contributed by atoms with Crippen LogP contribution >= 0.6 is 15.9 Å². The summed E-state index contributed by atoms with van der Waals surface area (Å²) >= 11 is 3.48. The molecule has 1 saturated heterocycles. The summed E-state index contributed by atoms with van der Waals surface area (Å²) in [5, 5.41) is 4.58. The molecule has 3 N–H and O–H groups in total. The molecule has 14 heavy (non-hydrogen) atoms. The van der Waals surface area contributed by atoms with Gasteiger partial charge >= 0.3 is 0 Å². The van der Waals surface area contributed by atoms with Crippen LogP contribution in [0.25, 0.3) is 0 Å². The van der Waals surface area contributed by atoms with Gasteiger partial charge in [-0.25, -0.2) is 0 Å². The SMILES string of the molecule is CC1(C)CC(C(N)CBr)CC(C)(C)N1. The van der Waals surface area contributed by atoms with Crippen molar-refractivity contribution in [3.8, 4) is 0 Å². The van der Waals surface area contributed by atoms with Crippen molar-refractivity contribution in [2.75, 3.05) is 5.33 Å². The van der Waals surface area contributed by atoms with E-state index < -0.39 is 0 Å². The van der Waals surface area contributed by atoms with E-state index in [1.54, 1.807) is 0 Å². The second-order valence-corrected chi connectivity index (χ2v) is 6.53. The van der Waals surface area contributed by atoms with Crippen molar-refractivity contribution in [2.45, 2.75) is 57.7 Å². The number of halogens is 1. The quantitative estimate of drug-likeness (QED) is 0.750. The molecule has 0 aliphatic carbocycles. The van der Waals surface area contributed by atoms with Gasteiger partial charge < -0.3 is 11.1 Å². The number of rotatable bonds is 2. The molecule has 84 valence electrons. The molecule has 1 rings (SSSR count). The van der Waals surface area contributed by atoms with Crippen molar-refractivity contribution in [1.82, 2.24) is 5.32 Å². The molecule has 1 atom stereocenters. The molecule has 1 aliphatic rings. The van der Waals surface area contributed by atoms with Crippen molar-refractivity contribution in [2.24, 2.45) is 11.7 Å². The molecule has 3 heteroatoms. The molecule has 0 spiro atoms. The lowest BCUT2D eigenvalue weighted by molar-refractivity contribution is 0.118. The van der Waals surface area contributed by atoms with Gasteiger partial charge in [-0.2, -0.15) is 0 Å². The lowest BCUT2D eigenvalue weighted by Crippen LogP contribution is -2.60. The molecule has 0 aromatic rings. The van der Waals surface area contributed by atoms with Gasteiger partial charge in [-0.1, -0.05) is 15.9 Å². The maximum Gasteiger partial charge on any atom is 0.0186 e. The molecule has 1 fully saturated rings. The Hall–Kier alpha value is 0.400. The van der Waals surface area contributed by atoms with Crippen LogP contribution in [0.4, 0.5) is 0 Å².